The highest BCUT2D eigenvalue weighted by molar-refractivity contribution is 6.30. The van der Waals surface area contributed by atoms with Gasteiger partial charge in [0.05, 0.1) is 17.4 Å². The number of hydrogen-bond donors (Lipinski definition) is 0. The molecule has 0 bridgehead atoms. The zero-order valence-electron chi connectivity index (χ0n) is 7.38. The first-order valence-corrected chi connectivity index (χ1v) is 4.29. The lowest BCUT2D eigenvalue weighted by Gasteiger charge is -1.99. The Balaban J connectivity index is 2.38. The molecule has 0 aromatic carbocycles. The molecule has 0 aliphatic rings. The molecule has 0 unspecified atom stereocenters. The molecule has 0 N–H and O–H groups in total. The first-order chi connectivity index (χ1) is 6.68. The average molecular weight is 211 g/mol. The second-order valence-electron chi connectivity index (χ2n) is 2.75. The highest BCUT2D eigenvalue weighted by Crippen LogP contribution is 2.07. The molecule has 0 aliphatic heterocycles. The Morgan fingerprint density at radius 2 is 2.29 bits per heavy atom. The molecule has 2 rings (SSSR count). The summed E-state index contributed by atoms with van der Waals surface area (Å²) in [4.78, 5) is 11.7. The van der Waals surface area contributed by atoms with E-state index in [1.807, 2.05) is 0 Å². The van der Waals surface area contributed by atoms with Crippen LogP contribution in [0.5, 0.6) is 0 Å². The van der Waals surface area contributed by atoms with E-state index in [1.165, 1.54) is 21.8 Å². The quantitative estimate of drug-likeness (QED) is 0.705. The van der Waals surface area contributed by atoms with Crippen LogP contribution in [0.3, 0.4) is 0 Å². The maximum Gasteiger partial charge on any atom is 0.296 e. The topological polar surface area (TPSA) is 52.7 Å². The summed E-state index contributed by atoms with van der Waals surface area (Å²) in [6.07, 6.45) is 4.42. The predicted molar refractivity (Wildman–Crippen MR) is 50.2 cm³/mol. The van der Waals surface area contributed by atoms with Crippen molar-refractivity contribution in [1.29, 1.82) is 0 Å². The van der Waals surface area contributed by atoms with Crippen LogP contribution in [-0.2, 0) is 7.05 Å². The van der Waals surface area contributed by atoms with Gasteiger partial charge in [0.1, 0.15) is 5.69 Å². The molecule has 5 nitrogen and oxygen atoms in total. The van der Waals surface area contributed by atoms with Crippen LogP contribution in [0, 0.1) is 0 Å². The summed E-state index contributed by atoms with van der Waals surface area (Å²) in [5.74, 6) is -0.253. The van der Waals surface area contributed by atoms with Crippen LogP contribution in [0.1, 0.15) is 10.5 Å². The van der Waals surface area contributed by atoms with Gasteiger partial charge < -0.3 is 0 Å². The molecule has 0 saturated heterocycles. The van der Waals surface area contributed by atoms with Gasteiger partial charge >= 0.3 is 0 Å². The fourth-order valence-electron chi connectivity index (χ4n) is 1.11. The Morgan fingerprint density at radius 3 is 2.79 bits per heavy atom. The fraction of sp³-hybridized carbons (Fsp3) is 0.125. The smallest absolute Gasteiger partial charge is 0.265 e. The van der Waals surface area contributed by atoms with Gasteiger partial charge in [-0.15, -0.1) is 0 Å². The summed E-state index contributed by atoms with van der Waals surface area (Å²) < 4.78 is 2.66. The third-order valence-electron chi connectivity index (χ3n) is 1.80. The van der Waals surface area contributed by atoms with Gasteiger partial charge in [-0.1, -0.05) is 11.6 Å². The van der Waals surface area contributed by atoms with Crippen LogP contribution in [0.25, 0.3) is 0 Å². The molecule has 14 heavy (non-hydrogen) atoms. The van der Waals surface area contributed by atoms with Crippen LogP contribution < -0.4 is 0 Å². The van der Waals surface area contributed by atoms with Gasteiger partial charge in [-0.05, 0) is 6.07 Å². The zero-order chi connectivity index (χ0) is 10.1. The molecular weight excluding hydrogens is 204 g/mol. The van der Waals surface area contributed by atoms with Gasteiger partial charge in [-0.25, -0.2) is 4.68 Å². The Kier molecular flexibility index (Phi) is 2.09. The van der Waals surface area contributed by atoms with E-state index < -0.39 is 0 Å². The molecule has 72 valence electrons. The molecule has 2 heterocycles. The second kappa shape index (κ2) is 3.26. The standard InChI is InChI=1S/C8H7ClN4O/c1-12-7(2-3-10-12)8(14)13-5-6(9)4-11-13/h2-5H,1H3. The van der Waals surface area contributed by atoms with Crippen molar-refractivity contribution in [2.45, 2.75) is 0 Å². The molecule has 2 aromatic heterocycles. The molecule has 6 heteroatoms. The second-order valence-corrected chi connectivity index (χ2v) is 3.18. The Hall–Kier alpha value is -1.62. The van der Waals surface area contributed by atoms with Gasteiger partial charge in [0.2, 0.25) is 0 Å². The van der Waals surface area contributed by atoms with Crippen LogP contribution in [0.4, 0.5) is 0 Å². The van der Waals surface area contributed by atoms with Crippen molar-refractivity contribution in [3.8, 4) is 0 Å². The lowest BCUT2D eigenvalue weighted by atomic mass is 10.4. The van der Waals surface area contributed by atoms with Crippen molar-refractivity contribution in [1.82, 2.24) is 19.6 Å². The van der Waals surface area contributed by atoms with Gasteiger partial charge in [-0.2, -0.15) is 10.2 Å². The van der Waals surface area contributed by atoms with Gasteiger partial charge in [0, 0.05) is 13.2 Å². The van der Waals surface area contributed by atoms with Crippen molar-refractivity contribution in [3.63, 3.8) is 0 Å². The van der Waals surface area contributed by atoms with Crippen LogP contribution >= 0.6 is 11.6 Å². The van der Waals surface area contributed by atoms with E-state index in [2.05, 4.69) is 10.2 Å². The number of nitrogens with zero attached hydrogens (tertiary/aromatic N) is 4. The minimum atomic E-state index is -0.253. The van der Waals surface area contributed by atoms with E-state index in [0.717, 1.165) is 0 Å². The van der Waals surface area contributed by atoms with Gasteiger partial charge in [-0.3, -0.25) is 9.48 Å². The summed E-state index contributed by atoms with van der Waals surface area (Å²) in [7, 11) is 1.69. The molecule has 0 saturated carbocycles. The van der Waals surface area contributed by atoms with E-state index in [1.54, 1.807) is 19.3 Å². The minimum absolute atomic E-state index is 0.253. The first-order valence-electron chi connectivity index (χ1n) is 3.91. The van der Waals surface area contributed by atoms with Crippen LogP contribution in [0.15, 0.2) is 24.7 Å². The largest absolute Gasteiger partial charge is 0.296 e. The third-order valence-corrected chi connectivity index (χ3v) is 1.99. The van der Waals surface area contributed by atoms with E-state index in [9.17, 15) is 4.79 Å². The third kappa shape index (κ3) is 1.42. The van der Waals surface area contributed by atoms with E-state index in [-0.39, 0.29) is 5.91 Å². The monoisotopic (exact) mass is 210 g/mol. The van der Waals surface area contributed by atoms with Gasteiger partial charge in [0.25, 0.3) is 5.91 Å². The van der Waals surface area contributed by atoms with Crippen LogP contribution in [0.2, 0.25) is 5.02 Å². The summed E-state index contributed by atoms with van der Waals surface area (Å²) in [6.45, 7) is 0. The summed E-state index contributed by atoms with van der Waals surface area (Å²) in [6, 6.07) is 1.62. The van der Waals surface area contributed by atoms with Crippen molar-refractivity contribution in [3.05, 3.63) is 35.4 Å². The average Bonchev–Trinajstić information content (AvgIpc) is 2.73. The lowest BCUT2D eigenvalue weighted by molar-refractivity contribution is 0.0935. The van der Waals surface area contributed by atoms with E-state index >= 15 is 0 Å². The molecule has 0 radical (unpaired) electrons. The Labute approximate surface area is 84.9 Å². The molecule has 0 fully saturated rings. The fourth-order valence-corrected chi connectivity index (χ4v) is 1.25. The number of halogens is 1. The van der Waals surface area contributed by atoms with Crippen molar-refractivity contribution >= 4 is 17.5 Å². The SMILES string of the molecule is Cn1nccc1C(=O)n1cc(Cl)cn1. The maximum atomic E-state index is 11.7. The highest BCUT2D eigenvalue weighted by Gasteiger charge is 2.12. The van der Waals surface area contributed by atoms with E-state index in [0.29, 0.717) is 10.7 Å². The Bertz CT molecular complexity index is 473. The summed E-state index contributed by atoms with van der Waals surface area (Å²) in [5, 5.41) is 8.13. The molecule has 0 spiro atoms. The van der Waals surface area contributed by atoms with Crippen molar-refractivity contribution < 1.29 is 4.79 Å². The van der Waals surface area contributed by atoms with E-state index in [4.69, 9.17) is 11.6 Å². The number of carbonyl (C=O) groups excluding carboxylic acids is 1. The molecule has 0 atom stereocenters. The van der Waals surface area contributed by atoms with Crippen LogP contribution in [-0.4, -0.2) is 25.5 Å². The lowest BCUT2D eigenvalue weighted by Crippen LogP contribution is -2.16. The first kappa shape index (κ1) is 8.96. The zero-order valence-corrected chi connectivity index (χ0v) is 8.14. The van der Waals surface area contributed by atoms with Gasteiger partial charge in [0.15, 0.2) is 0 Å². The number of rotatable bonds is 1. The summed E-state index contributed by atoms with van der Waals surface area (Å²) in [5.41, 5.74) is 0.463. The normalized spacial score (nSPS) is 10.4. The maximum absolute atomic E-state index is 11.7. The summed E-state index contributed by atoms with van der Waals surface area (Å²) >= 11 is 5.65. The number of hydrogen-bond acceptors (Lipinski definition) is 3. The number of aryl methyl sites for hydroxylation is 1. The highest BCUT2D eigenvalue weighted by atomic mass is 35.5. The molecule has 0 amide bonds. The van der Waals surface area contributed by atoms with Crippen molar-refractivity contribution in [2.75, 3.05) is 0 Å². The minimum Gasteiger partial charge on any atom is -0.265 e. The number of aromatic nitrogens is 4. The van der Waals surface area contributed by atoms with Crippen molar-refractivity contribution in [2.24, 2.45) is 7.05 Å². The molecule has 2 aromatic rings. The predicted octanol–water partition coefficient (Wildman–Crippen LogP) is 0.959. The number of carbonyl (C=O) groups is 1. The molecular formula is C8H7ClN4O. The molecule has 0 aliphatic carbocycles. The Morgan fingerprint density at radius 1 is 1.50 bits per heavy atom.